The predicted octanol–water partition coefficient (Wildman–Crippen LogP) is 1.63. The molecule has 10 nitrogen and oxygen atoms in total. The van der Waals surface area contributed by atoms with E-state index >= 15 is 0 Å². The molecule has 3 aromatic rings. The molecule has 0 unspecified atom stereocenters. The Balaban J connectivity index is 1.84. The Labute approximate surface area is 157 Å². The van der Waals surface area contributed by atoms with Crippen molar-refractivity contribution in [2.75, 3.05) is 18.2 Å². The highest BCUT2D eigenvalue weighted by molar-refractivity contribution is 8.00. The van der Waals surface area contributed by atoms with E-state index in [2.05, 4.69) is 35.2 Å². The topological polar surface area (TPSA) is 145 Å². The third-order valence-corrected chi connectivity index (χ3v) is 5.04. The van der Waals surface area contributed by atoms with Gasteiger partial charge in [-0.05, 0) is 5.92 Å². The number of nitrogen functional groups attached to an aromatic ring is 1. The molecule has 3 heterocycles. The van der Waals surface area contributed by atoms with E-state index in [4.69, 9.17) is 10.5 Å². The Bertz CT molecular complexity index is 980. The average molecular weight is 392 g/mol. The smallest absolute Gasteiger partial charge is 0.255 e. The lowest BCUT2D eigenvalue weighted by Crippen LogP contribution is -2.30. The number of hydrogen-bond donors (Lipinski definition) is 3. The van der Waals surface area contributed by atoms with Gasteiger partial charge in [0, 0.05) is 0 Å². The number of hydrogen-bond acceptors (Lipinski definition) is 9. The number of H-pyrrole nitrogens is 1. The van der Waals surface area contributed by atoms with Crippen molar-refractivity contribution in [2.24, 2.45) is 5.92 Å². The van der Waals surface area contributed by atoms with Crippen molar-refractivity contribution in [1.82, 2.24) is 29.9 Å². The highest BCUT2D eigenvalue weighted by Crippen LogP contribution is 2.31. The fraction of sp³-hybridized carbons (Fsp3) is 0.333. The van der Waals surface area contributed by atoms with Gasteiger partial charge in [0.05, 0.1) is 24.9 Å². The number of thioether (sulfide) groups is 1. The lowest BCUT2D eigenvalue weighted by molar-refractivity contribution is -0.116. The number of rotatable bonds is 6. The highest BCUT2D eigenvalue weighted by Gasteiger charge is 2.27. The second-order valence-corrected chi connectivity index (χ2v) is 6.94. The molecule has 12 heteroatoms. The molecule has 0 saturated carbocycles. The van der Waals surface area contributed by atoms with Crippen LogP contribution in [0.2, 0.25) is 0 Å². The molecule has 0 spiro atoms. The van der Waals surface area contributed by atoms with Crippen molar-refractivity contribution < 1.29 is 13.9 Å². The van der Waals surface area contributed by atoms with Gasteiger partial charge in [0.1, 0.15) is 10.5 Å². The van der Waals surface area contributed by atoms with Crippen LogP contribution in [0.4, 0.5) is 16.3 Å². The number of aromatic amines is 1. The van der Waals surface area contributed by atoms with Crippen LogP contribution in [-0.2, 0) is 4.79 Å². The van der Waals surface area contributed by atoms with Gasteiger partial charge in [0.15, 0.2) is 5.65 Å². The van der Waals surface area contributed by atoms with E-state index in [-0.39, 0.29) is 29.6 Å². The number of carbonyl (C=O) groups is 1. The van der Waals surface area contributed by atoms with Crippen molar-refractivity contribution >= 4 is 40.7 Å². The standard InChI is InChI=1S/C15H17FN8O2S/c1-6(2)9(11(25)22-15-18-4-7(16)12(23-15)26-3)27-13-8-10(20-5-19-8)21-14(17)24-13/h4-6,9H,1-3H3,(H,18,22,23,25)(H3,17,19,20,21,24)/t9-/m1/s1. The van der Waals surface area contributed by atoms with Gasteiger partial charge in [0.25, 0.3) is 5.88 Å². The van der Waals surface area contributed by atoms with Gasteiger partial charge in [0.2, 0.25) is 23.6 Å². The first-order valence-corrected chi connectivity index (χ1v) is 8.77. The molecular formula is C15H17FN8O2S. The van der Waals surface area contributed by atoms with Crippen LogP contribution in [0.3, 0.4) is 0 Å². The van der Waals surface area contributed by atoms with Crippen LogP contribution in [0.25, 0.3) is 11.2 Å². The molecule has 1 amide bonds. The maximum Gasteiger partial charge on any atom is 0.255 e. The van der Waals surface area contributed by atoms with Crippen molar-refractivity contribution in [3.8, 4) is 5.88 Å². The quantitative estimate of drug-likeness (QED) is 0.421. The van der Waals surface area contributed by atoms with E-state index in [1.807, 2.05) is 13.8 Å². The number of methoxy groups -OCH3 is 1. The Hall–Kier alpha value is -3.02. The number of nitrogens with zero attached hydrogens (tertiary/aromatic N) is 5. The van der Waals surface area contributed by atoms with Gasteiger partial charge < -0.3 is 15.5 Å². The molecule has 0 aliphatic heterocycles. The van der Waals surface area contributed by atoms with Gasteiger partial charge in [-0.1, -0.05) is 25.6 Å². The Morgan fingerprint density at radius 3 is 2.81 bits per heavy atom. The first kappa shape index (κ1) is 18.8. The van der Waals surface area contributed by atoms with E-state index in [1.54, 1.807) is 0 Å². The van der Waals surface area contributed by atoms with Gasteiger partial charge >= 0.3 is 0 Å². The number of amides is 1. The average Bonchev–Trinajstić information content (AvgIpc) is 3.09. The van der Waals surface area contributed by atoms with Crippen LogP contribution >= 0.6 is 11.8 Å². The van der Waals surface area contributed by atoms with Gasteiger partial charge in [-0.3, -0.25) is 10.1 Å². The van der Waals surface area contributed by atoms with Gasteiger partial charge in [-0.15, -0.1) is 0 Å². The summed E-state index contributed by atoms with van der Waals surface area (Å²) < 4.78 is 18.2. The molecule has 142 valence electrons. The second kappa shape index (κ2) is 7.70. The zero-order chi connectivity index (χ0) is 19.6. The molecule has 4 N–H and O–H groups in total. The SMILES string of the molecule is COc1nc(NC(=O)[C@H](Sc2nc(N)nc3nc[nH]c23)C(C)C)ncc1F. The zero-order valence-electron chi connectivity index (χ0n) is 14.7. The van der Waals surface area contributed by atoms with Crippen LogP contribution in [0.5, 0.6) is 5.88 Å². The fourth-order valence-electron chi connectivity index (χ4n) is 2.26. The summed E-state index contributed by atoms with van der Waals surface area (Å²) in [5, 5.41) is 2.52. The van der Waals surface area contributed by atoms with Crippen LogP contribution in [0.15, 0.2) is 17.6 Å². The largest absolute Gasteiger partial charge is 0.479 e. The highest BCUT2D eigenvalue weighted by atomic mass is 32.2. The molecule has 27 heavy (non-hydrogen) atoms. The Morgan fingerprint density at radius 1 is 1.33 bits per heavy atom. The third kappa shape index (κ3) is 4.05. The molecule has 0 saturated heterocycles. The summed E-state index contributed by atoms with van der Waals surface area (Å²) in [6.45, 7) is 3.77. The molecule has 3 rings (SSSR count). The Morgan fingerprint density at radius 2 is 2.11 bits per heavy atom. The summed E-state index contributed by atoms with van der Waals surface area (Å²) in [7, 11) is 1.28. The van der Waals surface area contributed by atoms with Crippen molar-refractivity contribution in [3.63, 3.8) is 0 Å². The fourth-order valence-corrected chi connectivity index (χ4v) is 3.35. The molecule has 0 radical (unpaired) electrons. The van der Waals surface area contributed by atoms with Crippen LogP contribution < -0.4 is 15.8 Å². The number of imidazole rings is 1. The van der Waals surface area contributed by atoms with E-state index < -0.39 is 11.1 Å². The number of fused-ring (bicyclic) bond motifs is 1. The number of nitrogens with one attached hydrogen (secondary N) is 2. The van der Waals surface area contributed by atoms with Crippen molar-refractivity contribution in [1.29, 1.82) is 0 Å². The number of anilines is 2. The van der Waals surface area contributed by atoms with E-state index in [1.165, 1.54) is 25.2 Å². The Kier molecular flexibility index (Phi) is 5.35. The summed E-state index contributed by atoms with van der Waals surface area (Å²) >= 11 is 1.21. The maximum atomic E-state index is 13.4. The first-order valence-electron chi connectivity index (χ1n) is 7.89. The predicted molar refractivity (Wildman–Crippen MR) is 97.8 cm³/mol. The lowest BCUT2D eigenvalue weighted by Gasteiger charge is -2.19. The molecular weight excluding hydrogens is 375 g/mol. The third-order valence-electron chi connectivity index (χ3n) is 3.51. The number of ether oxygens (including phenoxy) is 1. The van der Waals surface area contributed by atoms with E-state index in [0.717, 1.165) is 6.20 Å². The number of carbonyl (C=O) groups excluding carboxylic acids is 1. The summed E-state index contributed by atoms with van der Waals surface area (Å²) in [5.74, 6) is -1.40. The maximum absolute atomic E-state index is 13.4. The minimum atomic E-state index is -0.719. The molecule has 0 aliphatic rings. The monoisotopic (exact) mass is 392 g/mol. The minimum Gasteiger partial charge on any atom is -0.479 e. The van der Waals surface area contributed by atoms with Gasteiger partial charge in [-0.25, -0.2) is 15.0 Å². The lowest BCUT2D eigenvalue weighted by atomic mass is 10.1. The molecule has 0 aromatic carbocycles. The molecule has 0 fully saturated rings. The minimum absolute atomic E-state index is 0.0570. The van der Waals surface area contributed by atoms with E-state index in [9.17, 15) is 9.18 Å². The molecule has 1 atom stereocenters. The van der Waals surface area contributed by atoms with Crippen LogP contribution in [0.1, 0.15) is 13.8 Å². The molecule has 0 bridgehead atoms. The van der Waals surface area contributed by atoms with E-state index in [0.29, 0.717) is 16.2 Å². The normalized spacial score (nSPS) is 12.3. The summed E-state index contributed by atoms with van der Waals surface area (Å²) in [5.41, 5.74) is 6.73. The summed E-state index contributed by atoms with van der Waals surface area (Å²) in [6.07, 6.45) is 2.41. The number of nitrogens with two attached hydrogens (primary N) is 1. The van der Waals surface area contributed by atoms with Crippen molar-refractivity contribution in [2.45, 2.75) is 24.1 Å². The van der Waals surface area contributed by atoms with Crippen LogP contribution in [0, 0.1) is 11.7 Å². The second-order valence-electron chi connectivity index (χ2n) is 5.81. The van der Waals surface area contributed by atoms with Crippen molar-refractivity contribution in [3.05, 3.63) is 18.3 Å². The molecule has 0 aliphatic carbocycles. The summed E-state index contributed by atoms with van der Waals surface area (Å²) in [4.78, 5) is 35.6. The molecule has 3 aromatic heterocycles. The number of aromatic nitrogens is 6. The number of halogens is 1. The summed E-state index contributed by atoms with van der Waals surface area (Å²) in [6, 6.07) is 0. The first-order chi connectivity index (χ1) is 12.9. The van der Waals surface area contributed by atoms with Crippen LogP contribution in [-0.4, -0.2) is 48.2 Å². The zero-order valence-corrected chi connectivity index (χ0v) is 15.5. The van der Waals surface area contributed by atoms with Gasteiger partial charge in [-0.2, -0.15) is 14.4 Å².